The van der Waals surface area contributed by atoms with Crippen molar-refractivity contribution in [1.82, 2.24) is 10.2 Å². The molecule has 9 heteroatoms. The van der Waals surface area contributed by atoms with E-state index in [1.807, 2.05) is 44.2 Å². The predicted molar refractivity (Wildman–Crippen MR) is 159 cm³/mol. The Labute approximate surface area is 242 Å². The van der Waals surface area contributed by atoms with Crippen LogP contribution in [0.25, 0.3) is 0 Å². The van der Waals surface area contributed by atoms with Gasteiger partial charge in [0, 0.05) is 17.6 Å². The van der Waals surface area contributed by atoms with Gasteiger partial charge in [0.05, 0.1) is 10.6 Å². The highest BCUT2D eigenvalue weighted by atomic mass is 35.5. The van der Waals surface area contributed by atoms with E-state index >= 15 is 0 Å². The van der Waals surface area contributed by atoms with Gasteiger partial charge in [-0.05, 0) is 68.1 Å². The maximum absolute atomic E-state index is 14.1. The molecule has 2 amide bonds. The summed E-state index contributed by atoms with van der Waals surface area (Å²) in [6, 6.07) is 21.6. The number of carbonyl (C=O) groups is 2. The summed E-state index contributed by atoms with van der Waals surface area (Å²) in [7, 11) is -4.13. The fraction of sp³-hybridized carbons (Fsp3) is 0.355. The number of halogens is 1. The van der Waals surface area contributed by atoms with Crippen LogP contribution < -0.4 is 9.62 Å². The van der Waals surface area contributed by atoms with Gasteiger partial charge >= 0.3 is 0 Å². The quantitative estimate of drug-likeness (QED) is 0.314. The number of sulfonamides is 1. The number of hydrogen-bond donors (Lipinski definition) is 1. The van der Waals surface area contributed by atoms with E-state index in [0.717, 1.165) is 41.1 Å². The molecule has 1 aliphatic rings. The number of anilines is 1. The Morgan fingerprint density at radius 3 is 2.17 bits per heavy atom. The summed E-state index contributed by atoms with van der Waals surface area (Å²) < 4.78 is 28.9. The molecule has 1 aliphatic carbocycles. The molecule has 1 atom stereocenters. The third-order valence-corrected chi connectivity index (χ3v) is 9.33. The minimum atomic E-state index is -4.13. The van der Waals surface area contributed by atoms with Crippen molar-refractivity contribution in [2.75, 3.05) is 10.8 Å². The van der Waals surface area contributed by atoms with Crippen molar-refractivity contribution in [2.45, 2.75) is 69.5 Å². The van der Waals surface area contributed by atoms with Crippen LogP contribution >= 0.6 is 11.6 Å². The van der Waals surface area contributed by atoms with Crippen LogP contribution in [0, 0.1) is 6.92 Å². The first kappa shape index (κ1) is 29.6. The number of carbonyl (C=O) groups excluding carboxylic acids is 2. The summed E-state index contributed by atoms with van der Waals surface area (Å²) in [5.41, 5.74) is 2.17. The molecule has 0 bridgehead atoms. The molecule has 0 aromatic heterocycles. The zero-order valence-electron chi connectivity index (χ0n) is 22.9. The minimum Gasteiger partial charge on any atom is -0.352 e. The number of hydrogen-bond acceptors (Lipinski definition) is 4. The van der Waals surface area contributed by atoms with Gasteiger partial charge in [0.15, 0.2) is 0 Å². The molecule has 4 rings (SSSR count). The molecule has 0 aliphatic heterocycles. The Kier molecular flexibility index (Phi) is 9.87. The number of aryl methyl sites for hydroxylation is 1. The van der Waals surface area contributed by atoms with Crippen molar-refractivity contribution in [3.63, 3.8) is 0 Å². The van der Waals surface area contributed by atoms with E-state index < -0.39 is 28.5 Å². The van der Waals surface area contributed by atoms with Crippen LogP contribution in [0.4, 0.5) is 5.69 Å². The number of rotatable bonds is 11. The van der Waals surface area contributed by atoms with Crippen LogP contribution in [-0.4, -0.2) is 43.8 Å². The molecule has 0 radical (unpaired) electrons. The fourth-order valence-corrected chi connectivity index (χ4v) is 6.58. The lowest BCUT2D eigenvalue weighted by Gasteiger charge is -2.33. The zero-order chi connectivity index (χ0) is 28.7. The van der Waals surface area contributed by atoms with Gasteiger partial charge in [-0.15, -0.1) is 0 Å². The van der Waals surface area contributed by atoms with E-state index in [2.05, 4.69) is 5.32 Å². The summed E-state index contributed by atoms with van der Waals surface area (Å²) in [6.07, 6.45) is 4.39. The number of benzene rings is 3. The van der Waals surface area contributed by atoms with Crippen LogP contribution in [0.3, 0.4) is 0 Å². The highest BCUT2D eigenvalue weighted by molar-refractivity contribution is 7.92. The van der Waals surface area contributed by atoms with Crippen molar-refractivity contribution in [3.8, 4) is 0 Å². The standard InChI is InChI=1S/C31H36ClN3O4S/c1-3-29(31(37)33-26-11-7-8-12-26)34(21-24-9-5-4-6-10-24)30(36)22-35(27-17-13-23(2)14-18-27)40(38,39)28-19-15-25(32)16-20-28/h4-6,9-10,13-20,26,29H,3,7-8,11-12,21-22H2,1-2H3,(H,33,37)/t29-/m0/s1. The van der Waals surface area contributed by atoms with Crippen LogP contribution in [0.5, 0.6) is 0 Å². The van der Waals surface area contributed by atoms with Crippen molar-refractivity contribution < 1.29 is 18.0 Å². The topological polar surface area (TPSA) is 86.8 Å². The van der Waals surface area contributed by atoms with E-state index in [-0.39, 0.29) is 23.4 Å². The SMILES string of the molecule is CC[C@@H](C(=O)NC1CCCC1)N(Cc1ccccc1)C(=O)CN(c1ccc(C)cc1)S(=O)(=O)c1ccc(Cl)cc1. The van der Waals surface area contributed by atoms with Gasteiger partial charge in [0.1, 0.15) is 12.6 Å². The summed E-state index contributed by atoms with van der Waals surface area (Å²) in [5, 5.41) is 3.53. The fourth-order valence-electron chi connectivity index (χ4n) is 5.04. The highest BCUT2D eigenvalue weighted by Gasteiger charge is 2.34. The molecule has 3 aromatic rings. The number of nitrogens with zero attached hydrogens (tertiary/aromatic N) is 2. The first-order valence-corrected chi connectivity index (χ1v) is 15.5. The molecule has 0 heterocycles. The molecule has 1 fully saturated rings. The van der Waals surface area contributed by atoms with Gasteiger partial charge in [0.2, 0.25) is 11.8 Å². The van der Waals surface area contributed by atoms with E-state index in [1.54, 1.807) is 24.3 Å². The molecule has 40 heavy (non-hydrogen) atoms. The largest absolute Gasteiger partial charge is 0.352 e. The average Bonchev–Trinajstić information content (AvgIpc) is 3.46. The Balaban J connectivity index is 1.69. The molecule has 0 unspecified atom stereocenters. The van der Waals surface area contributed by atoms with Gasteiger partial charge in [-0.3, -0.25) is 13.9 Å². The van der Waals surface area contributed by atoms with Crippen LogP contribution in [0.1, 0.15) is 50.2 Å². The molecule has 212 valence electrons. The second-order valence-electron chi connectivity index (χ2n) is 10.2. The lowest BCUT2D eigenvalue weighted by Crippen LogP contribution is -2.53. The van der Waals surface area contributed by atoms with Gasteiger partial charge in [-0.2, -0.15) is 0 Å². The summed E-state index contributed by atoms with van der Waals surface area (Å²) in [6.45, 7) is 3.49. The van der Waals surface area contributed by atoms with E-state index in [1.165, 1.54) is 29.2 Å². The normalized spacial score (nSPS) is 14.5. The second kappa shape index (κ2) is 13.3. The van der Waals surface area contributed by atoms with Gasteiger partial charge in [-0.1, -0.05) is 79.4 Å². The summed E-state index contributed by atoms with van der Waals surface area (Å²) in [5.74, 6) is -0.670. The Bertz CT molecular complexity index is 1390. The van der Waals surface area contributed by atoms with E-state index in [9.17, 15) is 18.0 Å². The molecule has 1 N–H and O–H groups in total. The van der Waals surface area contributed by atoms with E-state index in [4.69, 9.17) is 11.6 Å². The molecule has 0 spiro atoms. The van der Waals surface area contributed by atoms with Crippen LogP contribution in [0.2, 0.25) is 5.02 Å². The molecule has 7 nitrogen and oxygen atoms in total. The zero-order valence-corrected chi connectivity index (χ0v) is 24.5. The Morgan fingerprint density at radius 1 is 0.950 bits per heavy atom. The molecular weight excluding hydrogens is 546 g/mol. The Morgan fingerprint density at radius 2 is 1.57 bits per heavy atom. The van der Waals surface area contributed by atoms with Crippen LogP contribution in [-0.2, 0) is 26.2 Å². The lowest BCUT2D eigenvalue weighted by atomic mass is 10.1. The molecular formula is C31H36ClN3O4S. The Hall–Kier alpha value is -3.36. The maximum Gasteiger partial charge on any atom is 0.264 e. The number of nitrogens with one attached hydrogen (secondary N) is 1. The lowest BCUT2D eigenvalue weighted by molar-refractivity contribution is -0.140. The third-order valence-electron chi connectivity index (χ3n) is 7.29. The van der Waals surface area contributed by atoms with E-state index in [0.29, 0.717) is 17.1 Å². The predicted octanol–water partition coefficient (Wildman–Crippen LogP) is 5.71. The van der Waals surface area contributed by atoms with Crippen LogP contribution in [0.15, 0.2) is 83.8 Å². The monoisotopic (exact) mass is 581 g/mol. The first-order chi connectivity index (χ1) is 19.2. The number of amides is 2. The molecule has 3 aromatic carbocycles. The van der Waals surface area contributed by atoms with Gasteiger partial charge in [-0.25, -0.2) is 8.42 Å². The maximum atomic E-state index is 14.1. The van der Waals surface area contributed by atoms with Crippen molar-refractivity contribution in [3.05, 3.63) is 95.0 Å². The minimum absolute atomic E-state index is 0.0194. The van der Waals surface area contributed by atoms with Crippen molar-refractivity contribution >= 4 is 39.1 Å². The second-order valence-corrected chi connectivity index (χ2v) is 12.5. The first-order valence-electron chi connectivity index (χ1n) is 13.7. The average molecular weight is 582 g/mol. The smallest absolute Gasteiger partial charge is 0.264 e. The van der Waals surface area contributed by atoms with Crippen molar-refractivity contribution in [2.24, 2.45) is 0 Å². The summed E-state index contributed by atoms with van der Waals surface area (Å²) in [4.78, 5) is 29.1. The third kappa shape index (κ3) is 7.23. The van der Waals surface area contributed by atoms with Gasteiger partial charge in [0.25, 0.3) is 10.0 Å². The van der Waals surface area contributed by atoms with Crippen molar-refractivity contribution in [1.29, 1.82) is 0 Å². The summed E-state index contributed by atoms with van der Waals surface area (Å²) >= 11 is 6.01. The highest BCUT2D eigenvalue weighted by Crippen LogP contribution is 2.26. The molecule has 0 saturated heterocycles. The molecule has 1 saturated carbocycles. The van der Waals surface area contributed by atoms with Gasteiger partial charge < -0.3 is 10.2 Å².